The van der Waals surface area contributed by atoms with Crippen molar-refractivity contribution in [2.24, 2.45) is 5.10 Å². The second-order valence-corrected chi connectivity index (χ2v) is 6.38. The monoisotopic (exact) mass is 381 g/mol. The maximum Gasteiger partial charge on any atom is 0.311 e. The number of thiazole rings is 1. The number of esters is 1. The first kappa shape index (κ1) is 17.7. The SMILES string of the molecule is CCOC(=O)Cc1csc(NN=Cc2cc(Cl)cc3c2OCOC3)n1. The molecule has 1 N–H and O–H groups in total. The highest BCUT2D eigenvalue weighted by atomic mass is 35.5. The Morgan fingerprint density at radius 3 is 3.28 bits per heavy atom. The molecule has 1 aliphatic rings. The molecule has 25 heavy (non-hydrogen) atoms. The Bertz CT molecular complexity index is 794. The average Bonchev–Trinajstić information content (AvgIpc) is 3.02. The number of carbonyl (C=O) groups is 1. The molecule has 0 fully saturated rings. The van der Waals surface area contributed by atoms with Crippen molar-refractivity contribution in [2.45, 2.75) is 20.0 Å². The summed E-state index contributed by atoms with van der Waals surface area (Å²) in [7, 11) is 0. The summed E-state index contributed by atoms with van der Waals surface area (Å²) >= 11 is 7.46. The molecular weight excluding hydrogens is 366 g/mol. The van der Waals surface area contributed by atoms with Crippen LogP contribution in [-0.2, 0) is 27.3 Å². The van der Waals surface area contributed by atoms with E-state index in [9.17, 15) is 4.79 Å². The van der Waals surface area contributed by atoms with Crippen molar-refractivity contribution in [3.05, 3.63) is 39.4 Å². The van der Waals surface area contributed by atoms with Crippen LogP contribution in [0.15, 0.2) is 22.6 Å². The molecule has 1 aromatic heterocycles. The summed E-state index contributed by atoms with van der Waals surface area (Å²) in [6, 6.07) is 3.58. The number of hydrogen-bond acceptors (Lipinski definition) is 8. The van der Waals surface area contributed by atoms with Crippen LogP contribution in [0, 0.1) is 0 Å². The van der Waals surface area contributed by atoms with E-state index in [-0.39, 0.29) is 19.2 Å². The topological polar surface area (TPSA) is 82.0 Å². The highest BCUT2D eigenvalue weighted by Crippen LogP contribution is 2.30. The van der Waals surface area contributed by atoms with Gasteiger partial charge in [-0.3, -0.25) is 10.2 Å². The Morgan fingerprint density at radius 2 is 2.44 bits per heavy atom. The molecular formula is C16H16ClN3O4S. The summed E-state index contributed by atoms with van der Waals surface area (Å²) in [4.78, 5) is 15.7. The lowest BCUT2D eigenvalue weighted by atomic mass is 10.1. The van der Waals surface area contributed by atoms with Crippen LogP contribution >= 0.6 is 22.9 Å². The van der Waals surface area contributed by atoms with Gasteiger partial charge >= 0.3 is 5.97 Å². The first-order valence-electron chi connectivity index (χ1n) is 7.57. The molecule has 0 saturated heterocycles. The fourth-order valence-electron chi connectivity index (χ4n) is 2.26. The van der Waals surface area contributed by atoms with Gasteiger partial charge in [-0.15, -0.1) is 11.3 Å². The van der Waals surface area contributed by atoms with Gasteiger partial charge in [0.05, 0.1) is 31.5 Å². The van der Waals surface area contributed by atoms with E-state index >= 15 is 0 Å². The molecule has 2 heterocycles. The van der Waals surface area contributed by atoms with Crippen molar-refractivity contribution in [3.63, 3.8) is 0 Å². The summed E-state index contributed by atoms with van der Waals surface area (Å²) in [6.07, 6.45) is 1.76. The summed E-state index contributed by atoms with van der Waals surface area (Å²) in [5.41, 5.74) is 5.11. The van der Waals surface area contributed by atoms with Gasteiger partial charge in [0.25, 0.3) is 0 Å². The van der Waals surface area contributed by atoms with Crippen LogP contribution in [0.4, 0.5) is 5.13 Å². The number of nitrogens with one attached hydrogen (secondary N) is 1. The van der Waals surface area contributed by atoms with Crippen LogP contribution in [0.1, 0.15) is 23.7 Å². The van der Waals surface area contributed by atoms with E-state index in [1.165, 1.54) is 11.3 Å². The van der Waals surface area contributed by atoms with Gasteiger partial charge in [0, 0.05) is 21.5 Å². The number of halogens is 1. The highest BCUT2D eigenvalue weighted by molar-refractivity contribution is 7.13. The Kier molecular flexibility index (Phi) is 5.85. The minimum atomic E-state index is -0.298. The standard InChI is InChI=1S/C16H16ClN3O4S/c1-2-23-14(21)5-13-8-25-16(19-13)20-18-6-10-3-12(17)4-11-7-22-9-24-15(10)11/h3-4,6,8H,2,5,7,9H2,1H3,(H,19,20). The Labute approximate surface area is 153 Å². The van der Waals surface area contributed by atoms with Gasteiger partial charge in [0.1, 0.15) is 5.75 Å². The molecule has 0 unspecified atom stereocenters. The summed E-state index contributed by atoms with van der Waals surface area (Å²) in [6.45, 7) is 2.78. The third kappa shape index (κ3) is 4.68. The summed E-state index contributed by atoms with van der Waals surface area (Å²) in [5, 5.41) is 7.12. The highest BCUT2D eigenvalue weighted by Gasteiger charge is 2.15. The fourth-order valence-corrected chi connectivity index (χ4v) is 3.17. The number of anilines is 1. The Hall–Kier alpha value is -2.16. The lowest BCUT2D eigenvalue weighted by molar-refractivity contribution is -0.142. The molecule has 3 rings (SSSR count). The zero-order valence-electron chi connectivity index (χ0n) is 13.5. The molecule has 0 saturated carbocycles. The summed E-state index contributed by atoms with van der Waals surface area (Å²) < 4.78 is 15.7. The lowest BCUT2D eigenvalue weighted by Crippen LogP contribution is -2.13. The van der Waals surface area contributed by atoms with Crippen molar-refractivity contribution in [1.82, 2.24) is 4.98 Å². The van der Waals surface area contributed by atoms with Gasteiger partial charge in [-0.05, 0) is 19.1 Å². The molecule has 0 amide bonds. The average molecular weight is 382 g/mol. The first-order chi connectivity index (χ1) is 12.2. The maximum atomic E-state index is 11.4. The van der Waals surface area contributed by atoms with Gasteiger partial charge in [0.15, 0.2) is 6.79 Å². The van der Waals surface area contributed by atoms with Crippen molar-refractivity contribution < 1.29 is 19.0 Å². The van der Waals surface area contributed by atoms with E-state index in [1.54, 1.807) is 24.6 Å². The fraction of sp³-hybridized carbons (Fsp3) is 0.312. The van der Waals surface area contributed by atoms with Crippen molar-refractivity contribution in [2.75, 3.05) is 18.8 Å². The van der Waals surface area contributed by atoms with Crippen LogP contribution in [0.3, 0.4) is 0 Å². The van der Waals surface area contributed by atoms with E-state index in [1.807, 2.05) is 6.07 Å². The molecule has 1 aliphatic heterocycles. The van der Waals surface area contributed by atoms with Crippen LogP contribution in [-0.4, -0.2) is 30.6 Å². The number of carbonyl (C=O) groups excluding carboxylic acids is 1. The molecule has 0 atom stereocenters. The van der Waals surface area contributed by atoms with E-state index in [4.69, 9.17) is 25.8 Å². The van der Waals surface area contributed by atoms with Crippen molar-refractivity contribution >= 4 is 40.3 Å². The van der Waals surface area contributed by atoms with Crippen LogP contribution in [0.25, 0.3) is 0 Å². The van der Waals surface area contributed by atoms with Crippen LogP contribution in [0.5, 0.6) is 5.75 Å². The van der Waals surface area contributed by atoms with Crippen LogP contribution < -0.4 is 10.2 Å². The van der Waals surface area contributed by atoms with E-state index < -0.39 is 0 Å². The molecule has 0 aliphatic carbocycles. The number of hydrazone groups is 1. The van der Waals surface area contributed by atoms with E-state index in [0.717, 1.165) is 11.1 Å². The zero-order valence-corrected chi connectivity index (χ0v) is 15.0. The minimum Gasteiger partial charge on any atom is -0.466 e. The number of fused-ring (bicyclic) bond motifs is 1. The third-order valence-corrected chi connectivity index (χ3v) is 4.26. The number of hydrogen-bond donors (Lipinski definition) is 1. The Balaban J connectivity index is 1.65. The molecule has 7 nitrogen and oxygen atoms in total. The predicted octanol–water partition coefficient (Wildman–Crippen LogP) is 3.21. The Morgan fingerprint density at radius 1 is 1.56 bits per heavy atom. The molecule has 0 spiro atoms. The molecule has 132 valence electrons. The number of rotatable bonds is 6. The van der Waals surface area contributed by atoms with Gasteiger partial charge in [-0.1, -0.05) is 11.6 Å². The van der Waals surface area contributed by atoms with Crippen molar-refractivity contribution in [3.8, 4) is 5.75 Å². The van der Waals surface area contributed by atoms with E-state index in [0.29, 0.717) is 34.8 Å². The third-order valence-electron chi connectivity index (χ3n) is 3.25. The number of benzene rings is 1. The number of nitrogens with zero attached hydrogens (tertiary/aromatic N) is 2. The van der Waals surface area contributed by atoms with Gasteiger partial charge < -0.3 is 14.2 Å². The van der Waals surface area contributed by atoms with E-state index in [2.05, 4.69) is 15.5 Å². The first-order valence-corrected chi connectivity index (χ1v) is 8.83. The molecule has 0 radical (unpaired) electrons. The molecule has 1 aromatic carbocycles. The smallest absolute Gasteiger partial charge is 0.311 e. The van der Waals surface area contributed by atoms with Gasteiger partial charge in [-0.25, -0.2) is 4.98 Å². The number of ether oxygens (including phenoxy) is 3. The second-order valence-electron chi connectivity index (χ2n) is 5.09. The predicted molar refractivity (Wildman–Crippen MR) is 95.4 cm³/mol. The van der Waals surface area contributed by atoms with Gasteiger partial charge in [0.2, 0.25) is 5.13 Å². The second kappa shape index (κ2) is 8.28. The van der Waals surface area contributed by atoms with Gasteiger partial charge in [-0.2, -0.15) is 5.10 Å². The maximum absolute atomic E-state index is 11.4. The van der Waals surface area contributed by atoms with Crippen molar-refractivity contribution in [1.29, 1.82) is 0 Å². The quantitative estimate of drug-likeness (QED) is 0.470. The van der Waals surface area contributed by atoms with Crippen LogP contribution in [0.2, 0.25) is 5.02 Å². The zero-order chi connectivity index (χ0) is 17.6. The molecule has 0 bridgehead atoms. The lowest BCUT2D eigenvalue weighted by Gasteiger charge is -2.19. The molecule has 9 heteroatoms. The largest absolute Gasteiger partial charge is 0.466 e. The normalized spacial score (nSPS) is 13.4. The summed E-state index contributed by atoms with van der Waals surface area (Å²) in [5.74, 6) is 0.413. The number of aromatic nitrogens is 1. The molecule has 2 aromatic rings. The minimum absolute atomic E-state index is 0.144.